The van der Waals surface area contributed by atoms with Crippen LogP contribution in [0.25, 0.3) is 0 Å². The highest BCUT2D eigenvalue weighted by molar-refractivity contribution is 6.50. The third-order valence-corrected chi connectivity index (χ3v) is 1.99. The first-order valence-electron chi connectivity index (χ1n) is 4.75. The van der Waals surface area contributed by atoms with Crippen molar-refractivity contribution in [1.82, 2.24) is 0 Å². The van der Waals surface area contributed by atoms with Crippen molar-refractivity contribution in [3.8, 4) is 0 Å². The number of hydrogen-bond acceptors (Lipinski definition) is 0. The van der Waals surface area contributed by atoms with Crippen LogP contribution >= 0.6 is 0 Å². The molecule has 0 atom stereocenters. The number of halogens is 4. The number of piperidine rings is 1. The zero-order valence-electron chi connectivity index (χ0n) is 8.12. The first-order valence-corrected chi connectivity index (χ1v) is 4.75. The molecular weight excluding hydrogens is 197 g/mol. The maximum absolute atomic E-state index is 9.75. The number of rotatable bonds is 2. The van der Waals surface area contributed by atoms with Crippen molar-refractivity contribution in [2.45, 2.75) is 19.3 Å². The van der Waals surface area contributed by atoms with E-state index in [1.165, 1.54) is 38.9 Å². The molecule has 14 heavy (non-hydrogen) atoms. The summed E-state index contributed by atoms with van der Waals surface area (Å²) in [5.74, 6) is 0. The number of hydrogen-bond donors (Lipinski definition) is 1. The van der Waals surface area contributed by atoms with E-state index in [0.717, 1.165) is 0 Å². The van der Waals surface area contributed by atoms with Gasteiger partial charge in [-0.15, -0.1) is 0 Å². The molecule has 1 heterocycles. The van der Waals surface area contributed by atoms with Crippen LogP contribution in [0.4, 0.5) is 17.3 Å². The normalized spacial score (nSPS) is 18.3. The Bertz CT molecular complexity index is 148. The van der Waals surface area contributed by atoms with Crippen molar-refractivity contribution in [3.63, 3.8) is 0 Å². The largest absolute Gasteiger partial charge is 0.673 e. The third-order valence-electron chi connectivity index (χ3n) is 1.99. The van der Waals surface area contributed by atoms with Crippen molar-refractivity contribution in [1.29, 1.82) is 0 Å². The quantitative estimate of drug-likeness (QED) is 0.403. The SMILES string of the molecule is C=CC[NH+]1CCCCC1.F[B-](F)(F)F. The lowest BCUT2D eigenvalue weighted by atomic mass is 10.1. The molecule has 0 spiro atoms. The molecule has 0 saturated carbocycles. The van der Waals surface area contributed by atoms with E-state index in [4.69, 9.17) is 0 Å². The van der Waals surface area contributed by atoms with Gasteiger partial charge in [-0.3, -0.25) is 0 Å². The fraction of sp³-hybridized carbons (Fsp3) is 0.750. The average Bonchev–Trinajstić information content (AvgIpc) is 2.03. The van der Waals surface area contributed by atoms with Gasteiger partial charge < -0.3 is 22.2 Å². The Morgan fingerprint density at radius 3 is 1.86 bits per heavy atom. The van der Waals surface area contributed by atoms with Crippen LogP contribution in [0.2, 0.25) is 0 Å². The minimum atomic E-state index is -6.00. The predicted molar refractivity (Wildman–Crippen MR) is 49.8 cm³/mol. The molecule has 1 saturated heterocycles. The lowest BCUT2D eigenvalue weighted by Crippen LogP contribution is -3.12. The van der Waals surface area contributed by atoms with E-state index in [9.17, 15) is 17.3 Å². The van der Waals surface area contributed by atoms with E-state index in [1.807, 2.05) is 6.08 Å². The average molecular weight is 213 g/mol. The van der Waals surface area contributed by atoms with Gasteiger partial charge in [-0.25, -0.2) is 0 Å². The van der Waals surface area contributed by atoms with Gasteiger partial charge in [0.1, 0.15) is 0 Å². The molecule has 1 N–H and O–H groups in total. The molecule has 0 aromatic carbocycles. The molecule has 1 aliphatic heterocycles. The van der Waals surface area contributed by atoms with Crippen LogP contribution < -0.4 is 4.90 Å². The Kier molecular flexibility index (Phi) is 6.62. The van der Waals surface area contributed by atoms with Gasteiger partial charge in [0.2, 0.25) is 0 Å². The summed E-state index contributed by atoms with van der Waals surface area (Å²) in [5.41, 5.74) is 0. The van der Waals surface area contributed by atoms with Crippen LogP contribution in [0.3, 0.4) is 0 Å². The Morgan fingerprint density at radius 2 is 1.50 bits per heavy atom. The fourth-order valence-corrected chi connectivity index (χ4v) is 1.46. The van der Waals surface area contributed by atoms with E-state index >= 15 is 0 Å². The Labute approximate surface area is 81.9 Å². The summed E-state index contributed by atoms with van der Waals surface area (Å²) >= 11 is 0. The van der Waals surface area contributed by atoms with Gasteiger partial charge in [0.05, 0.1) is 19.6 Å². The Hall–Kier alpha value is -0.515. The van der Waals surface area contributed by atoms with Crippen molar-refractivity contribution in [3.05, 3.63) is 12.7 Å². The zero-order chi connectivity index (χ0) is 11.0. The maximum Gasteiger partial charge on any atom is 0.673 e. The van der Waals surface area contributed by atoms with Crippen molar-refractivity contribution >= 4 is 7.25 Å². The number of nitrogens with one attached hydrogen (secondary N) is 1. The molecule has 1 fully saturated rings. The second-order valence-electron chi connectivity index (χ2n) is 3.30. The van der Waals surface area contributed by atoms with Gasteiger partial charge in [-0.2, -0.15) is 0 Å². The van der Waals surface area contributed by atoms with Crippen molar-refractivity contribution in [2.75, 3.05) is 19.6 Å². The molecule has 0 unspecified atom stereocenters. The molecule has 0 aliphatic carbocycles. The van der Waals surface area contributed by atoms with Crippen LogP contribution in [0.5, 0.6) is 0 Å². The van der Waals surface area contributed by atoms with E-state index in [2.05, 4.69) is 6.58 Å². The first-order chi connectivity index (χ1) is 6.43. The fourth-order valence-electron chi connectivity index (χ4n) is 1.46. The predicted octanol–water partition coefficient (Wildman–Crippen LogP) is 1.54. The summed E-state index contributed by atoms with van der Waals surface area (Å²) in [7, 11) is -6.00. The molecule has 0 amide bonds. The molecule has 0 bridgehead atoms. The minimum absolute atomic E-state index is 1.17. The van der Waals surface area contributed by atoms with Gasteiger partial charge in [0.25, 0.3) is 0 Å². The molecule has 1 nitrogen and oxygen atoms in total. The molecule has 6 heteroatoms. The topological polar surface area (TPSA) is 4.44 Å². The lowest BCUT2D eigenvalue weighted by Gasteiger charge is -2.21. The van der Waals surface area contributed by atoms with Crippen LogP contribution in [0.1, 0.15) is 19.3 Å². The van der Waals surface area contributed by atoms with Crippen LogP contribution in [0.15, 0.2) is 12.7 Å². The molecule has 84 valence electrons. The lowest BCUT2D eigenvalue weighted by molar-refractivity contribution is -0.898. The highest BCUT2D eigenvalue weighted by Gasteiger charge is 2.20. The van der Waals surface area contributed by atoms with Gasteiger partial charge in [0.15, 0.2) is 0 Å². The van der Waals surface area contributed by atoms with Gasteiger partial charge >= 0.3 is 7.25 Å². The number of likely N-dealkylation sites (tertiary alicyclic amines) is 1. The highest BCUT2D eigenvalue weighted by atomic mass is 19.5. The Balaban J connectivity index is 0.000000292. The van der Waals surface area contributed by atoms with Crippen molar-refractivity contribution in [2.24, 2.45) is 0 Å². The molecule has 1 rings (SSSR count). The summed E-state index contributed by atoms with van der Waals surface area (Å²) in [5, 5.41) is 0. The van der Waals surface area contributed by atoms with E-state index in [0.29, 0.717) is 0 Å². The van der Waals surface area contributed by atoms with Crippen LogP contribution in [-0.2, 0) is 0 Å². The summed E-state index contributed by atoms with van der Waals surface area (Å²) < 4.78 is 39.0. The second kappa shape index (κ2) is 6.87. The maximum atomic E-state index is 9.75. The second-order valence-corrected chi connectivity index (χ2v) is 3.30. The summed E-state index contributed by atoms with van der Waals surface area (Å²) in [6.45, 7) is 7.63. The van der Waals surface area contributed by atoms with E-state index in [-0.39, 0.29) is 0 Å². The molecule has 1 aliphatic rings. The molecular formula is C8H16BF4N. The van der Waals surface area contributed by atoms with Gasteiger partial charge in [-0.1, -0.05) is 6.58 Å². The molecule has 0 aromatic heterocycles. The summed E-state index contributed by atoms with van der Waals surface area (Å²) in [6, 6.07) is 0. The third kappa shape index (κ3) is 11.5. The highest BCUT2D eigenvalue weighted by Crippen LogP contribution is 2.06. The number of quaternary nitrogens is 1. The van der Waals surface area contributed by atoms with Gasteiger partial charge in [0, 0.05) is 0 Å². The van der Waals surface area contributed by atoms with Gasteiger partial charge in [-0.05, 0) is 25.3 Å². The van der Waals surface area contributed by atoms with Crippen molar-refractivity contribution < 1.29 is 22.2 Å². The van der Waals surface area contributed by atoms with Crippen LogP contribution in [-0.4, -0.2) is 26.9 Å². The van der Waals surface area contributed by atoms with Crippen LogP contribution in [0, 0.1) is 0 Å². The van der Waals surface area contributed by atoms with E-state index in [1.54, 1.807) is 4.90 Å². The molecule has 0 aromatic rings. The monoisotopic (exact) mass is 213 g/mol. The summed E-state index contributed by atoms with van der Waals surface area (Å²) in [6.07, 6.45) is 6.31. The zero-order valence-corrected chi connectivity index (χ0v) is 8.12. The van der Waals surface area contributed by atoms with E-state index < -0.39 is 7.25 Å². The minimum Gasteiger partial charge on any atom is -0.418 e. The Morgan fingerprint density at radius 1 is 1.07 bits per heavy atom. The molecule has 0 radical (unpaired) electrons. The smallest absolute Gasteiger partial charge is 0.418 e. The standard InChI is InChI=1S/C8H15N.BF4/c1-2-6-9-7-4-3-5-8-9;2-1(3,4)5/h2H,1,3-8H2;/q;-1/p+1. The first kappa shape index (κ1) is 13.5. The summed E-state index contributed by atoms with van der Waals surface area (Å²) in [4.78, 5) is 1.72.